The summed E-state index contributed by atoms with van der Waals surface area (Å²) >= 11 is 0. The van der Waals surface area contributed by atoms with Crippen molar-refractivity contribution in [3.8, 4) is 5.75 Å². The van der Waals surface area contributed by atoms with Gasteiger partial charge in [-0.15, -0.1) is 0 Å². The van der Waals surface area contributed by atoms with E-state index in [9.17, 15) is 9.59 Å². The van der Waals surface area contributed by atoms with Gasteiger partial charge in [-0.3, -0.25) is 14.5 Å². The Kier molecular flexibility index (Phi) is 6.17. The topological polar surface area (TPSA) is 73.7 Å². The van der Waals surface area contributed by atoms with Gasteiger partial charge in [-0.25, -0.2) is 4.98 Å². The molecule has 168 valence electrons. The van der Waals surface area contributed by atoms with E-state index in [0.717, 1.165) is 23.0 Å². The van der Waals surface area contributed by atoms with E-state index < -0.39 is 17.9 Å². The maximum Gasteiger partial charge on any atom is 0.321 e. The Labute approximate surface area is 187 Å². The molecule has 1 aliphatic heterocycles. The number of nitrogens with zero attached hydrogens (tertiary/aromatic N) is 3. The molecule has 2 heterocycles. The molecule has 0 fully saturated rings. The van der Waals surface area contributed by atoms with Crippen LogP contribution in [0.2, 0.25) is 0 Å². The van der Waals surface area contributed by atoms with Crippen LogP contribution in [-0.2, 0) is 14.3 Å². The van der Waals surface area contributed by atoms with Crippen LogP contribution in [0.25, 0.3) is 11.0 Å². The van der Waals surface area contributed by atoms with Gasteiger partial charge >= 0.3 is 5.97 Å². The molecule has 0 bridgehead atoms. The molecule has 0 unspecified atom stereocenters. The number of methoxy groups -OCH3 is 1. The van der Waals surface area contributed by atoms with Gasteiger partial charge in [-0.05, 0) is 49.1 Å². The van der Waals surface area contributed by atoms with Crippen molar-refractivity contribution in [2.75, 3.05) is 25.2 Å². The van der Waals surface area contributed by atoms with E-state index in [1.54, 1.807) is 18.9 Å². The lowest BCUT2D eigenvalue weighted by molar-refractivity contribution is -0.153. The minimum Gasteiger partial charge on any atom is -0.497 e. The summed E-state index contributed by atoms with van der Waals surface area (Å²) in [4.78, 5) is 33.4. The summed E-state index contributed by atoms with van der Waals surface area (Å²) in [7, 11) is 1.60. The minimum absolute atomic E-state index is 0.205. The highest BCUT2D eigenvalue weighted by atomic mass is 16.5. The van der Waals surface area contributed by atoms with Crippen LogP contribution in [0.15, 0.2) is 48.5 Å². The Bertz CT molecular complexity index is 1140. The third-order valence-electron chi connectivity index (χ3n) is 5.85. The molecular weight excluding hydrogens is 406 g/mol. The summed E-state index contributed by atoms with van der Waals surface area (Å²) in [6.45, 7) is 6.66. The zero-order valence-corrected chi connectivity index (χ0v) is 18.9. The summed E-state index contributed by atoms with van der Waals surface area (Å²) in [6.07, 6.45) is 0.800. The van der Waals surface area contributed by atoms with Gasteiger partial charge in [-0.1, -0.05) is 38.1 Å². The number of fused-ring (bicyclic) bond motifs is 3. The number of anilines is 1. The van der Waals surface area contributed by atoms with Gasteiger partial charge in [0.25, 0.3) is 0 Å². The van der Waals surface area contributed by atoms with Crippen molar-refractivity contribution in [1.82, 2.24) is 9.55 Å². The molecule has 0 spiro atoms. The van der Waals surface area contributed by atoms with Gasteiger partial charge in [0.1, 0.15) is 5.75 Å². The number of esters is 1. The number of amides is 1. The summed E-state index contributed by atoms with van der Waals surface area (Å²) in [6, 6.07) is 14.7. The van der Waals surface area contributed by atoms with Crippen molar-refractivity contribution < 1.29 is 19.1 Å². The van der Waals surface area contributed by atoms with Crippen molar-refractivity contribution >= 4 is 28.9 Å². The molecule has 1 aromatic heterocycles. The van der Waals surface area contributed by atoms with E-state index in [0.29, 0.717) is 24.2 Å². The van der Waals surface area contributed by atoms with Crippen molar-refractivity contribution in [3.05, 3.63) is 54.1 Å². The predicted molar refractivity (Wildman–Crippen MR) is 123 cm³/mol. The number of ether oxygens (including phenoxy) is 2. The molecule has 0 saturated heterocycles. The first-order chi connectivity index (χ1) is 15.5. The van der Waals surface area contributed by atoms with Gasteiger partial charge in [-0.2, -0.15) is 0 Å². The second-order valence-corrected chi connectivity index (χ2v) is 8.39. The molecule has 3 aromatic rings. The first kappa shape index (κ1) is 21.9. The second-order valence-electron chi connectivity index (χ2n) is 8.39. The van der Waals surface area contributed by atoms with Crippen LogP contribution in [0, 0.1) is 11.8 Å². The number of benzene rings is 2. The molecule has 1 amide bonds. The van der Waals surface area contributed by atoms with Crippen LogP contribution in [0.1, 0.15) is 38.8 Å². The summed E-state index contributed by atoms with van der Waals surface area (Å²) in [5.41, 5.74) is 2.44. The Morgan fingerprint density at radius 1 is 1.16 bits per heavy atom. The molecular formula is C25H29N3O4. The van der Waals surface area contributed by atoms with Crippen LogP contribution >= 0.6 is 0 Å². The van der Waals surface area contributed by atoms with E-state index in [2.05, 4.69) is 13.8 Å². The normalized spacial score (nSPS) is 18.2. The van der Waals surface area contributed by atoms with Crippen LogP contribution in [0.5, 0.6) is 5.75 Å². The molecule has 0 N–H and O–H groups in total. The predicted octanol–water partition coefficient (Wildman–Crippen LogP) is 4.21. The number of para-hydroxylation sites is 2. The highest BCUT2D eigenvalue weighted by Gasteiger charge is 2.47. The molecule has 7 nitrogen and oxygen atoms in total. The highest BCUT2D eigenvalue weighted by Crippen LogP contribution is 2.42. The third-order valence-corrected chi connectivity index (χ3v) is 5.85. The van der Waals surface area contributed by atoms with Gasteiger partial charge in [0.05, 0.1) is 30.8 Å². The molecule has 32 heavy (non-hydrogen) atoms. The molecule has 7 heteroatoms. The first-order valence-electron chi connectivity index (χ1n) is 11.0. The summed E-state index contributed by atoms with van der Waals surface area (Å²) < 4.78 is 12.8. The van der Waals surface area contributed by atoms with Gasteiger partial charge in [0.2, 0.25) is 11.9 Å². The third kappa shape index (κ3) is 3.83. The zero-order valence-electron chi connectivity index (χ0n) is 18.9. The number of carbonyl (C=O) groups is 2. The lowest BCUT2D eigenvalue weighted by Crippen LogP contribution is -2.50. The molecule has 2 atom stereocenters. The molecule has 0 saturated carbocycles. The van der Waals surface area contributed by atoms with Crippen molar-refractivity contribution in [1.29, 1.82) is 0 Å². The van der Waals surface area contributed by atoms with Gasteiger partial charge < -0.3 is 14.0 Å². The van der Waals surface area contributed by atoms with Crippen LogP contribution in [0.3, 0.4) is 0 Å². The lowest BCUT2D eigenvalue weighted by Gasteiger charge is -2.38. The quantitative estimate of drug-likeness (QED) is 0.411. The Hall–Kier alpha value is -3.35. The fraction of sp³-hybridized carbons (Fsp3) is 0.400. The number of aromatic nitrogens is 2. The average molecular weight is 436 g/mol. The second kappa shape index (κ2) is 9.02. The van der Waals surface area contributed by atoms with Gasteiger partial charge in [0, 0.05) is 6.54 Å². The van der Waals surface area contributed by atoms with Crippen LogP contribution in [0.4, 0.5) is 5.95 Å². The standard InChI is InChI=1S/C25H29N3O4/c1-5-32-24(30)21-22(17-9-8-10-18(15-17)31-4)28-20-12-7-6-11-19(20)26-25(28)27(23(21)29)14-13-16(2)3/h6-12,15-16,21-22H,5,13-14H2,1-4H3/t21-,22-/m0/s1. The monoisotopic (exact) mass is 435 g/mol. The molecule has 0 radical (unpaired) electrons. The Morgan fingerprint density at radius 3 is 2.66 bits per heavy atom. The maximum atomic E-state index is 13.8. The van der Waals surface area contributed by atoms with E-state index in [4.69, 9.17) is 14.5 Å². The van der Waals surface area contributed by atoms with E-state index in [1.165, 1.54) is 0 Å². The molecule has 0 aliphatic carbocycles. The Morgan fingerprint density at radius 2 is 1.94 bits per heavy atom. The van der Waals surface area contributed by atoms with Crippen molar-refractivity contribution in [2.45, 2.75) is 33.2 Å². The van der Waals surface area contributed by atoms with E-state index >= 15 is 0 Å². The molecule has 1 aliphatic rings. The smallest absolute Gasteiger partial charge is 0.321 e. The lowest BCUT2D eigenvalue weighted by atomic mass is 9.89. The molecule has 4 rings (SSSR count). The number of carbonyl (C=O) groups excluding carboxylic acids is 2. The largest absolute Gasteiger partial charge is 0.497 e. The number of imidazole rings is 1. The van der Waals surface area contributed by atoms with Crippen LogP contribution in [-0.4, -0.2) is 41.7 Å². The van der Waals surface area contributed by atoms with Crippen molar-refractivity contribution in [2.24, 2.45) is 11.8 Å². The Balaban J connectivity index is 1.96. The zero-order chi connectivity index (χ0) is 22.8. The van der Waals surface area contributed by atoms with Crippen LogP contribution < -0.4 is 9.64 Å². The fourth-order valence-electron chi connectivity index (χ4n) is 4.27. The SMILES string of the molecule is CCOC(=O)[C@@H]1C(=O)N(CCC(C)C)c2nc3ccccc3n2[C@H]1c1cccc(OC)c1. The first-order valence-corrected chi connectivity index (χ1v) is 11.0. The minimum atomic E-state index is -1.01. The van der Waals surface area contributed by atoms with Crippen molar-refractivity contribution in [3.63, 3.8) is 0 Å². The summed E-state index contributed by atoms with van der Waals surface area (Å²) in [5, 5.41) is 0. The fourth-order valence-corrected chi connectivity index (χ4v) is 4.27. The number of hydrogen-bond acceptors (Lipinski definition) is 5. The summed E-state index contributed by atoms with van der Waals surface area (Å²) in [5.74, 6) is -0.198. The van der Waals surface area contributed by atoms with Gasteiger partial charge in [0.15, 0.2) is 5.92 Å². The maximum absolute atomic E-state index is 13.8. The van der Waals surface area contributed by atoms with E-state index in [1.807, 2.05) is 53.1 Å². The van der Waals surface area contributed by atoms with E-state index in [-0.39, 0.29) is 12.5 Å². The number of rotatable bonds is 7. The average Bonchev–Trinajstić information content (AvgIpc) is 3.16. The number of hydrogen-bond donors (Lipinski definition) is 0. The highest BCUT2D eigenvalue weighted by molar-refractivity contribution is 6.08. The molecule has 2 aromatic carbocycles.